The minimum absolute atomic E-state index is 0.412. The van der Waals surface area contributed by atoms with Crippen LogP contribution in [0.5, 0.6) is 0 Å². The molecule has 0 aliphatic carbocycles. The van der Waals surface area contributed by atoms with Gasteiger partial charge < -0.3 is 4.46 Å². The standard InChI is InChI=1S/C5H12OSi/c1-4-7(6)5(2)3/h5H,4H2,1-3H3. The van der Waals surface area contributed by atoms with Crippen molar-refractivity contribution >= 4 is 8.68 Å². The molecule has 0 spiro atoms. The van der Waals surface area contributed by atoms with E-state index in [1.807, 2.05) is 20.8 Å². The summed E-state index contributed by atoms with van der Waals surface area (Å²) in [5.74, 6) is 0. The van der Waals surface area contributed by atoms with E-state index >= 15 is 0 Å². The molecule has 0 aliphatic rings. The second-order valence-corrected chi connectivity index (χ2v) is 4.77. The second kappa shape index (κ2) is 3.08. The van der Waals surface area contributed by atoms with E-state index in [-0.39, 0.29) is 0 Å². The van der Waals surface area contributed by atoms with E-state index in [4.69, 9.17) is 0 Å². The van der Waals surface area contributed by atoms with Crippen molar-refractivity contribution in [3.05, 3.63) is 0 Å². The van der Waals surface area contributed by atoms with Crippen LogP contribution in [-0.2, 0) is 4.46 Å². The summed E-state index contributed by atoms with van der Waals surface area (Å²) in [5, 5.41) is 0. The zero-order valence-corrected chi connectivity index (χ0v) is 6.19. The van der Waals surface area contributed by atoms with E-state index in [1.54, 1.807) is 0 Å². The lowest BCUT2D eigenvalue weighted by molar-refractivity contribution is 0.551. The molecule has 0 aromatic heterocycles. The Labute approximate surface area is 46.4 Å². The van der Waals surface area contributed by atoms with Gasteiger partial charge in [-0.3, -0.25) is 0 Å². The molecule has 1 nitrogen and oxygen atoms in total. The van der Waals surface area contributed by atoms with Crippen LogP contribution in [0.2, 0.25) is 11.6 Å². The van der Waals surface area contributed by atoms with E-state index in [2.05, 4.69) is 0 Å². The fourth-order valence-corrected chi connectivity index (χ4v) is 1.22. The molecule has 0 saturated carbocycles. The van der Waals surface area contributed by atoms with Gasteiger partial charge in [-0.25, -0.2) is 0 Å². The molecule has 2 heteroatoms. The number of rotatable bonds is 2. The van der Waals surface area contributed by atoms with E-state index in [1.165, 1.54) is 0 Å². The van der Waals surface area contributed by atoms with Crippen molar-refractivity contribution < 1.29 is 4.46 Å². The van der Waals surface area contributed by atoms with Gasteiger partial charge in [0.05, 0.1) is 0 Å². The summed E-state index contributed by atoms with van der Waals surface area (Å²) >= 11 is 0. The first kappa shape index (κ1) is 7.02. The highest BCUT2D eigenvalue weighted by Crippen LogP contribution is 2.02. The first-order chi connectivity index (χ1) is 3.18. The van der Waals surface area contributed by atoms with Crippen LogP contribution in [0.4, 0.5) is 0 Å². The maximum absolute atomic E-state index is 10.7. The lowest BCUT2D eigenvalue weighted by Gasteiger charge is -1.93. The summed E-state index contributed by atoms with van der Waals surface area (Å²) in [7, 11) is -1.20. The Kier molecular flexibility index (Phi) is 3.08. The van der Waals surface area contributed by atoms with Crippen LogP contribution in [0.15, 0.2) is 0 Å². The fourth-order valence-electron chi connectivity index (χ4n) is 0.408. The third-order valence-electron chi connectivity index (χ3n) is 0.992. The molecule has 0 unspecified atom stereocenters. The summed E-state index contributed by atoms with van der Waals surface area (Å²) < 4.78 is 10.7. The van der Waals surface area contributed by atoms with E-state index in [0.717, 1.165) is 6.04 Å². The van der Waals surface area contributed by atoms with Gasteiger partial charge in [-0.15, -0.1) is 0 Å². The highest BCUT2D eigenvalue weighted by atomic mass is 28.3. The fraction of sp³-hybridized carbons (Fsp3) is 1.00. The third kappa shape index (κ3) is 2.68. The van der Waals surface area contributed by atoms with Crippen LogP contribution in [0.1, 0.15) is 20.8 Å². The van der Waals surface area contributed by atoms with Gasteiger partial charge in [0.25, 0.3) is 8.68 Å². The lowest BCUT2D eigenvalue weighted by Crippen LogP contribution is -2.00. The average Bonchev–Trinajstić information content (AvgIpc) is 1.65. The Bertz CT molecular complexity index is 68.5. The molecule has 0 aliphatic heterocycles. The summed E-state index contributed by atoms with van der Waals surface area (Å²) in [6, 6.07) is 0.863. The molecule has 0 radical (unpaired) electrons. The largest absolute Gasteiger partial charge is 0.388 e. The van der Waals surface area contributed by atoms with Crippen molar-refractivity contribution in [2.45, 2.75) is 32.4 Å². The second-order valence-electron chi connectivity index (χ2n) is 1.97. The molecule has 0 heterocycles. The van der Waals surface area contributed by atoms with Gasteiger partial charge >= 0.3 is 0 Å². The molecule has 0 atom stereocenters. The summed E-state index contributed by atoms with van der Waals surface area (Å²) in [6.07, 6.45) is 0. The smallest absolute Gasteiger partial charge is 0.278 e. The minimum Gasteiger partial charge on any atom is -0.388 e. The Hall–Kier alpha value is 0.0169. The molecule has 0 saturated heterocycles. The van der Waals surface area contributed by atoms with Gasteiger partial charge in [0.15, 0.2) is 0 Å². The Balaban J connectivity index is 3.35. The molecular weight excluding hydrogens is 104 g/mol. The van der Waals surface area contributed by atoms with E-state index in [9.17, 15) is 4.46 Å². The molecule has 0 aromatic rings. The Morgan fingerprint density at radius 1 is 1.57 bits per heavy atom. The zero-order chi connectivity index (χ0) is 5.86. The monoisotopic (exact) mass is 116 g/mol. The summed E-state index contributed by atoms with van der Waals surface area (Å²) in [4.78, 5) is 0. The van der Waals surface area contributed by atoms with Gasteiger partial charge in [-0.05, 0) is 11.6 Å². The van der Waals surface area contributed by atoms with Crippen molar-refractivity contribution in [1.29, 1.82) is 0 Å². The van der Waals surface area contributed by atoms with E-state index < -0.39 is 8.68 Å². The zero-order valence-electron chi connectivity index (χ0n) is 5.19. The van der Waals surface area contributed by atoms with Crippen molar-refractivity contribution in [3.63, 3.8) is 0 Å². The van der Waals surface area contributed by atoms with Gasteiger partial charge in [-0.1, -0.05) is 20.8 Å². The van der Waals surface area contributed by atoms with Gasteiger partial charge in [-0.2, -0.15) is 0 Å². The first-order valence-corrected chi connectivity index (χ1v) is 4.40. The maximum Gasteiger partial charge on any atom is 0.278 e. The molecule has 0 rings (SSSR count). The van der Waals surface area contributed by atoms with Crippen LogP contribution < -0.4 is 0 Å². The summed E-state index contributed by atoms with van der Waals surface area (Å²) in [5.41, 5.74) is 0.412. The maximum atomic E-state index is 10.7. The molecule has 0 amide bonds. The third-order valence-corrected chi connectivity index (χ3v) is 2.98. The predicted molar refractivity (Wildman–Crippen MR) is 32.0 cm³/mol. The Morgan fingerprint density at radius 3 is 2.00 bits per heavy atom. The van der Waals surface area contributed by atoms with Gasteiger partial charge in [0.1, 0.15) is 0 Å². The average molecular weight is 116 g/mol. The normalized spacial score (nSPS) is 9.71. The highest BCUT2D eigenvalue weighted by Gasteiger charge is 2.04. The topological polar surface area (TPSA) is 17.1 Å². The Morgan fingerprint density at radius 2 is 2.00 bits per heavy atom. The molecule has 0 fully saturated rings. The molecule has 0 bridgehead atoms. The predicted octanol–water partition coefficient (Wildman–Crippen LogP) is 1.84. The summed E-state index contributed by atoms with van der Waals surface area (Å²) in [6.45, 7) is 5.98. The highest BCUT2D eigenvalue weighted by molar-refractivity contribution is 6.44. The molecule has 0 aromatic carbocycles. The molecule has 7 heavy (non-hydrogen) atoms. The quantitative estimate of drug-likeness (QED) is 0.503. The molecule has 0 N–H and O–H groups in total. The molecular formula is C5H12OSi. The van der Waals surface area contributed by atoms with E-state index in [0.29, 0.717) is 5.54 Å². The van der Waals surface area contributed by atoms with Crippen molar-refractivity contribution in [2.24, 2.45) is 0 Å². The van der Waals surface area contributed by atoms with Crippen LogP contribution >= 0.6 is 0 Å². The van der Waals surface area contributed by atoms with Crippen LogP contribution in [-0.4, -0.2) is 8.68 Å². The van der Waals surface area contributed by atoms with Crippen LogP contribution in [0, 0.1) is 0 Å². The molecule has 42 valence electrons. The van der Waals surface area contributed by atoms with Gasteiger partial charge in [0, 0.05) is 0 Å². The van der Waals surface area contributed by atoms with Crippen LogP contribution in [0.3, 0.4) is 0 Å². The van der Waals surface area contributed by atoms with Crippen molar-refractivity contribution in [2.75, 3.05) is 0 Å². The van der Waals surface area contributed by atoms with Crippen molar-refractivity contribution in [1.82, 2.24) is 0 Å². The lowest BCUT2D eigenvalue weighted by atomic mass is 10.6. The minimum atomic E-state index is -1.20. The first-order valence-electron chi connectivity index (χ1n) is 2.71. The number of hydrogen-bond donors (Lipinski definition) is 0. The van der Waals surface area contributed by atoms with Crippen LogP contribution in [0.25, 0.3) is 0 Å². The van der Waals surface area contributed by atoms with Crippen molar-refractivity contribution in [3.8, 4) is 0 Å². The number of hydrogen-bond acceptors (Lipinski definition) is 1. The SMILES string of the molecule is CC[Si](=O)C(C)C. The van der Waals surface area contributed by atoms with Gasteiger partial charge in [0.2, 0.25) is 0 Å².